The van der Waals surface area contributed by atoms with Crippen LogP contribution in [0.1, 0.15) is 25.3 Å². The van der Waals surface area contributed by atoms with Gasteiger partial charge in [0.2, 0.25) is 0 Å². The van der Waals surface area contributed by atoms with E-state index in [1.165, 1.54) is 10.5 Å². The molecule has 2 aromatic rings. The summed E-state index contributed by atoms with van der Waals surface area (Å²) < 4.78 is 5.59. The van der Waals surface area contributed by atoms with E-state index in [4.69, 9.17) is 4.74 Å². The third-order valence-corrected chi connectivity index (χ3v) is 7.04. The third-order valence-electron chi connectivity index (χ3n) is 7.04. The Morgan fingerprint density at radius 1 is 1.03 bits per heavy atom. The first-order chi connectivity index (χ1) is 16.6. The molecule has 3 fully saturated rings. The van der Waals surface area contributed by atoms with Crippen LogP contribution in [0, 0.1) is 0 Å². The Morgan fingerprint density at radius 3 is 2.53 bits per heavy atom. The van der Waals surface area contributed by atoms with Crippen LogP contribution >= 0.6 is 0 Å². The summed E-state index contributed by atoms with van der Waals surface area (Å²) in [5.41, 5.74) is 2.29. The standard InChI is InChI=1S/C26H33N5O3/c1-3-34-21-14-12-20(13-15-21)29-17-8-18-30-22-23(27-25(29)30)28(2)26(33)31(24(22)32)16-7-11-19-9-5-4-6-10-19/h4-6,9-10,12-15,22-23,25,27H,3,7-8,11,16-18H2,1-2H3. The van der Waals surface area contributed by atoms with Crippen LogP contribution in [-0.2, 0) is 11.2 Å². The van der Waals surface area contributed by atoms with Gasteiger partial charge in [0, 0.05) is 32.4 Å². The summed E-state index contributed by atoms with van der Waals surface area (Å²) in [6.45, 7) is 4.74. The van der Waals surface area contributed by atoms with Crippen molar-refractivity contribution in [2.45, 2.75) is 44.7 Å². The van der Waals surface area contributed by atoms with Crippen LogP contribution < -0.4 is 15.0 Å². The second kappa shape index (κ2) is 9.64. The average molecular weight is 464 g/mol. The number of carbonyl (C=O) groups is 2. The zero-order valence-electron chi connectivity index (χ0n) is 19.9. The molecule has 0 saturated carbocycles. The number of urea groups is 1. The molecule has 0 radical (unpaired) electrons. The van der Waals surface area contributed by atoms with Gasteiger partial charge in [0.15, 0.2) is 0 Å². The SMILES string of the molecule is CCOc1ccc(N2CCCN3C4C(=O)N(CCCc5ccccc5)C(=O)N(C)C4NC23)cc1. The summed E-state index contributed by atoms with van der Waals surface area (Å²) in [6.07, 6.45) is 2.07. The number of nitrogens with zero attached hydrogens (tertiary/aromatic N) is 4. The normalized spacial score (nSPS) is 24.9. The number of ether oxygens (including phenoxy) is 1. The van der Waals surface area contributed by atoms with E-state index in [2.05, 4.69) is 39.4 Å². The number of hydrogen-bond donors (Lipinski definition) is 1. The molecule has 0 aromatic heterocycles. The molecule has 8 heteroatoms. The molecule has 0 aliphatic carbocycles. The quantitative estimate of drug-likeness (QED) is 0.681. The molecule has 3 heterocycles. The highest BCUT2D eigenvalue weighted by Gasteiger charge is 2.55. The molecule has 180 valence electrons. The molecule has 5 rings (SSSR count). The van der Waals surface area contributed by atoms with Crippen LogP contribution in [-0.4, -0.2) is 78.4 Å². The van der Waals surface area contributed by atoms with Gasteiger partial charge in [-0.3, -0.25) is 19.9 Å². The molecule has 3 atom stereocenters. The Hall–Kier alpha value is -3.10. The van der Waals surface area contributed by atoms with Gasteiger partial charge in [0.1, 0.15) is 24.2 Å². The van der Waals surface area contributed by atoms with Crippen molar-refractivity contribution in [2.24, 2.45) is 0 Å². The van der Waals surface area contributed by atoms with Crippen molar-refractivity contribution in [2.75, 3.05) is 38.2 Å². The molecule has 0 bridgehead atoms. The molecule has 34 heavy (non-hydrogen) atoms. The lowest BCUT2D eigenvalue weighted by molar-refractivity contribution is -0.138. The minimum absolute atomic E-state index is 0.0929. The Bertz CT molecular complexity index is 1010. The highest BCUT2D eigenvalue weighted by molar-refractivity contribution is 6.00. The number of amides is 3. The minimum Gasteiger partial charge on any atom is -0.494 e. The van der Waals surface area contributed by atoms with Gasteiger partial charge in [-0.25, -0.2) is 4.79 Å². The first kappa shape index (κ1) is 22.7. The molecule has 2 aromatic carbocycles. The predicted molar refractivity (Wildman–Crippen MR) is 130 cm³/mol. The predicted octanol–water partition coefficient (Wildman–Crippen LogP) is 2.71. The van der Waals surface area contributed by atoms with Crippen molar-refractivity contribution in [1.29, 1.82) is 0 Å². The Labute approximate surface area is 201 Å². The fourth-order valence-corrected chi connectivity index (χ4v) is 5.38. The Kier molecular flexibility index (Phi) is 6.43. The number of nitrogens with one attached hydrogen (secondary N) is 1. The summed E-state index contributed by atoms with van der Waals surface area (Å²) in [4.78, 5) is 34.4. The molecular formula is C26H33N5O3. The van der Waals surface area contributed by atoms with Crippen LogP contribution in [0.5, 0.6) is 5.75 Å². The number of hydrogen-bond acceptors (Lipinski definition) is 6. The van der Waals surface area contributed by atoms with Crippen molar-refractivity contribution in [3.05, 3.63) is 60.2 Å². The lowest BCUT2D eigenvalue weighted by Gasteiger charge is -2.44. The van der Waals surface area contributed by atoms with Gasteiger partial charge < -0.3 is 14.5 Å². The van der Waals surface area contributed by atoms with Crippen LogP contribution in [0.3, 0.4) is 0 Å². The van der Waals surface area contributed by atoms with Gasteiger partial charge in [-0.1, -0.05) is 30.3 Å². The molecule has 3 aliphatic rings. The largest absolute Gasteiger partial charge is 0.494 e. The van der Waals surface area contributed by atoms with E-state index >= 15 is 0 Å². The van der Waals surface area contributed by atoms with Crippen LogP contribution in [0.2, 0.25) is 0 Å². The lowest BCUT2D eigenvalue weighted by atomic mass is 10.1. The number of imide groups is 1. The van der Waals surface area contributed by atoms with E-state index < -0.39 is 0 Å². The third kappa shape index (κ3) is 4.12. The van der Waals surface area contributed by atoms with Crippen molar-refractivity contribution < 1.29 is 14.3 Å². The topological polar surface area (TPSA) is 68.4 Å². The van der Waals surface area contributed by atoms with Crippen LogP contribution in [0.15, 0.2) is 54.6 Å². The summed E-state index contributed by atoms with van der Waals surface area (Å²) in [6, 6.07) is 17.7. The number of aryl methyl sites for hydroxylation is 1. The zero-order chi connectivity index (χ0) is 23.7. The zero-order valence-corrected chi connectivity index (χ0v) is 19.9. The van der Waals surface area contributed by atoms with Gasteiger partial charge in [-0.15, -0.1) is 0 Å². The summed E-state index contributed by atoms with van der Waals surface area (Å²) in [5, 5.41) is 3.57. The fraction of sp³-hybridized carbons (Fsp3) is 0.462. The number of anilines is 1. The number of fused-ring (bicyclic) bond motifs is 3. The Morgan fingerprint density at radius 2 is 1.79 bits per heavy atom. The maximum atomic E-state index is 13.6. The maximum Gasteiger partial charge on any atom is 0.327 e. The molecule has 0 spiro atoms. The second-order valence-corrected chi connectivity index (χ2v) is 9.11. The minimum atomic E-state index is -0.380. The molecule has 1 N–H and O–H groups in total. The van der Waals surface area contributed by atoms with Gasteiger partial charge in [0.25, 0.3) is 5.91 Å². The monoisotopic (exact) mass is 463 g/mol. The van der Waals surface area contributed by atoms with E-state index in [0.717, 1.165) is 43.8 Å². The van der Waals surface area contributed by atoms with E-state index in [0.29, 0.717) is 13.2 Å². The van der Waals surface area contributed by atoms with Crippen LogP contribution in [0.25, 0.3) is 0 Å². The van der Waals surface area contributed by atoms with E-state index in [-0.39, 0.29) is 30.4 Å². The first-order valence-corrected chi connectivity index (χ1v) is 12.2. The number of carbonyl (C=O) groups excluding carboxylic acids is 2. The Balaban J connectivity index is 1.31. The molecular weight excluding hydrogens is 430 g/mol. The molecule has 3 amide bonds. The van der Waals surface area contributed by atoms with Crippen molar-refractivity contribution in [3.63, 3.8) is 0 Å². The molecule has 8 nitrogen and oxygen atoms in total. The first-order valence-electron chi connectivity index (χ1n) is 12.2. The maximum absolute atomic E-state index is 13.6. The number of likely N-dealkylation sites (N-methyl/N-ethyl adjacent to an activating group) is 1. The smallest absolute Gasteiger partial charge is 0.327 e. The summed E-state index contributed by atoms with van der Waals surface area (Å²) >= 11 is 0. The second-order valence-electron chi connectivity index (χ2n) is 9.11. The fourth-order valence-electron chi connectivity index (χ4n) is 5.38. The molecule has 3 aliphatic heterocycles. The molecule has 3 unspecified atom stereocenters. The summed E-state index contributed by atoms with van der Waals surface area (Å²) in [7, 11) is 1.79. The average Bonchev–Trinajstić information content (AvgIpc) is 3.26. The van der Waals surface area contributed by atoms with Gasteiger partial charge in [-0.05, 0) is 56.0 Å². The van der Waals surface area contributed by atoms with Gasteiger partial charge >= 0.3 is 6.03 Å². The number of benzene rings is 2. The lowest BCUT2D eigenvalue weighted by Crippen LogP contribution is -2.66. The van der Waals surface area contributed by atoms with Crippen molar-refractivity contribution in [1.82, 2.24) is 20.0 Å². The van der Waals surface area contributed by atoms with Crippen molar-refractivity contribution in [3.8, 4) is 5.75 Å². The highest BCUT2D eigenvalue weighted by atomic mass is 16.5. The van der Waals surface area contributed by atoms with Crippen LogP contribution in [0.4, 0.5) is 10.5 Å². The van der Waals surface area contributed by atoms with Gasteiger partial charge in [-0.2, -0.15) is 0 Å². The highest BCUT2D eigenvalue weighted by Crippen LogP contribution is 2.33. The van der Waals surface area contributed by atoms with Crippen molar-refractivity contribution >= 4 is 17.6 Å². The number of rotatable bonds is 7. The summed E-state index contributed by atoms with van der Waals surface area (Å²) in [5.74, 6) is 0.754. The van der Waals surface area contributed by atoms with E-state index in [1.807, 2.05) is 37.3 Å². The van der Waals surface area contributed by atoms with Gasteiger partial charge in [0.05, 0.1) is 6.61 Å². The van der Waals surface area contributed by atoms with E-state index in [9.17, 15) is 9.59 Å². The molecule has 3 saturated heterocycles. The van der Waals surface area contributed by atoms with E-state index in [1.54, 1.807) is 11.9 Å².